The van der Waals surface area contributed by atoms with Crippen LogP contribution in [0, 0.1) is 6.92 Å². The maximum atomic E-state index is 9.99. The van der Waals surface area contributed by atoms with Crippen LogP contribution in [0.4, 0.5) is 0 Å². The fourth-order valence-electron chi connectivity index (χ4n) is 3.71. The number of methoxy groups -OCH3 is 1. The molecule has 106 valence electrons. The Kier molecular flexibility index (Phi) is 3.69. The zero-order valence-electron chi connectivity index (χ0n) is 11.8. The molecule has 2 aliphatic rings. The second-order valence-electron chi connectivity index (χ2n) is 5.96. The molecule has 3 atom stereocenters. The van der Waals surface area contributed by atoms with Crippen LogP contribution in [-0.2, 0) is 11.3 Å². The Labute approximate surface area is 119 Å². The molecule has 1 aromatic heterocycles. The number of fused-ring (bicyclic) bond motifs is 1. The quantitative estimate of drug-likeness (QED) is 0.924. The Morgan fingerprint density at radius 3 is 3.05 bits per heavy atom. The lowest BCUT2D eigenvalue weighted by atomic mass is 9.79. The van der Waals surface area contributed by atoms with Gasteiger partial charge >= 0.3 is 0 Å². The van der Waals surface area contributed by atoms with Crippen molar-refractivity contribution in [2.45, 2.75) is 56.9 Å². The summed E-state index contributed by atoms with van der Waals surface area (Å²) in [6, 6.07) is 2.57. The van der Waals surface area contributed by atoms with Crippen LogP contribution in [0.2, 0.25) is 0 Å². The van der Waals surface area contributed by atoms with Crippen LogP contribution in [-0.4, -0.2) is 41.4 Å². The molecule has 0 unspecified atom stereocenters. The van der Waals surface area contributed by atoms with E-state index in [0.717, 1.165) is 38.8 Å². The van der Waals surface area contributed by atoms with Crippen LogP contribution in [0.1, 0.15) is 36.1 Å². The summed E-state index contributed by atoms with van der Waals surface area (Å²) in [6.07, 6.45) is 3.69. The van der Waals surface area contributed by atoms with Gasteiger partial charge in [-0.05, 0) is 49.6 Å². The highest BCUT2D eigenvalue weighted by Crippen LogP contribution is 2.43. The van der Waals surface area contributed by atoms with Gasteiger partial charge in [-0.2, -0.15) is 0 Å². The summed E-state index contributed by atoms with van der Waals surface area (Å²) in [5.41, 5.74) is 1.38. The van der Waals surface area contributed by atoms with Gasteiger partial charge in [0.05, 0.1) is 11.7 Å². The normalized spacial score (nSPS) is 35.5. The summed E-state index contributed by atoms with van der Waals surface area (Å²) in [7, 11) is 1.84. The highest BCUT2D eigenvalue weighted by Gasteiger charge is 2.50. The smallest absolute Gasteiger partial charge is 0.0847 e. The predicted octanol–water partition coefficient (Wildman–Crippen LogP) is 2.56. The number of aryl methyl sites for hydroxylation is 1. The Balaban J connectivity index is 1.78. The van der Waals surface area contributed by atoms with Crippen molar-refractivity contribution in [2.75, 3.05) is 13.7 Å². The molecule has 0 amide bonds. The highest BCUT2D eigenvalue weighted by molar-refractivity contribution is 7.10. The van der Waals surface area contributed by atoms with Gasteiger partial charge in [-0.25, -0.2) is 0 Å². The second-order valence-corrected chi connectivity index (χ2v) is 6.96. The summed E-state index contributed by atoms with van der Waals surface area (Å²) >= 11 is 1.84. The first kappa shape index (κ1) is 13.6. The zero-order chi connectivity index (χ0) is 13.5. The van der Waals surface area contributed by atoms with Gasteiger partial charge in [0.15, 0.2) is 0 Å². The number of thiophene rings is 1. The van der Waals surface area contributed by atoms with Gasteiger partial charge in [-0.3, -0.25) is 4.90 Å². The fourth-order valence-corrected chi connectivity index (χ4v) is 4.64. The lowest BCUT2D eigenvalue weighted by Crippen LogP contribution is -2.51. The molecule has 1 aliphatic carbocycles. The van der Waals surface area contributed by atoms with E-state index < -0.39 is 0 Å². The van der Waals surface area contributed by atoms with Gasteiger partial charge in [-0.15, -0.1) is 11.3 Å². The third-order valence-electron chi connectivity index (χ3n) is 4.99. The summed E-state index contributed by atoms with van der Waals surface area (Å²) in [5, 5.41) is 12.2. The number of nitrogens with zero attached hydrogens (tertiary/aromatic N) is 1. The molecule has 1 N–H and O–H groups in total. The number of rotatable bonds is 3. The van der Waals surface area contributed by atoms with Crippen molar-refractivity contribution in [3.63, 3.8) is 0 Å². The monoisotopic (exact) mass is 281 g/mol. The topological polar surface area (TPSA) is 32.7 Å². The average molecular weight is 281 g/mol. The first-order valence-electron chi connectivity index (χ1n) is 7.15. The molecule has 1 aromatic rings. The van der Waals surface area contributed by atoms with Crippen LogP contribution in [0.5, 0.6) is 0 Å². The molecule has 0 aromatic carbocycles. The first-order chi connectivity index (χ1) is 9.14. The number of ether oxygens (including phenoxy) is 1. The van der Waals surface area contributed by atoms with Crippen LogP contribution in [0.15, 0.2) is 11.4 Å². The Bertz CT molecular complexity index is 447. The summed E-state index contributed by atoms with van der Waals surface area (Å²) in [6.45, 7) is 4.27. The number of hydrogen-bond donors (Lipinski definition) is 1. The SMILES string of the molecule is CO[C@@]12CC[C@H](O)C[C@@H]1N(Cc1sccc1C)CC2. The predicted molar refractivity (Wildman–Crippen MR) is 77.5 cm³/mol. The van der Waals surface area contributed by atoms with Crippen molar-refractivity contribution in [2.24, 2.45) is 0 Å². The van der Waals surface area contributed by atoms with E-state index in [2.05, 4.69) is 23.3 Å². The van der Waals surface area contributed by atoms with E-state index in [1.54, 1.807) is 0 Å². The Hall–Kier alpha value is -0.420. The molecule has 3 rings (SSSR count). The van der Waals surface area contributed by atoms with E-state index in [1.165, 1.54) is 10.4 Å². The van der Waals surface area contributed by atoms with Crippen molar-refractivity contribution < 1.29 is 9.84 Å². The molecule has 4 heteroatoms. The Morgan fingerprint density at radius 2 is 2.37 bits per heavy atom. The van der Waals surface area contributed by atoms with Gasteiger partial charge < -0.3 is 9.84 Å². The number of hydrogen-bond acceptors (Lipinski definition) is 4. The van der Waals surface area contributed by atoms with E-state index in [0.29, 0.717) is 6.04 Å². The molecular weight excluding hydrogens is 258 g/mol. The van der Waals surface area contributed by atoms with Gasteiger partial charge in [0, 0.05) is 31.1 Å². The van der Waals surface area contributed by atoms with E-state index in [-0.39, 0.29) is 11.7 Å². The van der Waals surface area contributed by atoms with Crippen molar-refractivity contribution in [1.29, 1.82) is 0 Å². The molecule has 1 saturated carbocycles. The van der Waals surface area contributed by atoms with Crippen molar-refractivity contribution in [3.8, 4) is 0 Å². The zero-order valence-corrected chi connectivity index (χ0v) is 12.6. The van der Waals surface area contributed by atoms with Gasteiger partial charge in [0.1, 0.15) is 0 Å². The standard InChI is InChI=1S/C15H23NO2S/c1-11-4-8-19-13(11)10-16-7-6-15(18-2)5-3-12(17)9-14(15)16/h4,8,12,14,17H,3,5-7,9-10H2,1-2H3/t12-,14-,15+/m0/s1. The lowest BCUT2D eigenvalue weighted by Gasteiger charge is -2.42. The minimum Gasteiger partial charge on any atom is -0.393 e. The van der Waals surface area contributed by atoms with E-state index in [1.807, 2.05) is 18.4 Å². The van der Waals surface area contributed by atoms with Crippen molar-refractivity contribution in [1.82, 2.24) is 4.90 Å². The number of likely N-dealkylation sites (tertiary alicyclic amines) is 1. The third-order valence-corrected chi connectivity index (χ3v) is 6.00. The number of aliphatic hydroxyl groups is 1. The molecule has 0 bridgehead atoms. The largest absolute Gasteiger partial charge is 0.393 e. The molecule has 19 heavy (non-hydrogen) atoms. The summed E-state index contributed by atoms with van der Waals surface area (Å²) < 4.78 is 5.88. The van der Waals surface area contributed by atoms with Crippen molar-refractivity contribution in [3.05, 3.63) is 21.9 Å². The van der Waals surface area contributed by atoms with E-state index >= 15 is 0 Å². The van der Waals surface area contributed by atoms with Crippen LogP contribution < -0.4 is 0 Å². The van der Waals surface area contributed by atoms with E-state index in [4.69, 9.17) is 4.74 Å². The van der Waals surface area contributed by atoms with Crippen LogP contribution in [0.3, 0.4) is 0 Å². The number of aliphatic hydroxyl groups excluding tert-OH is 1. The highest BCUT2D eigenvalue weighted by atomic mass is 32.1. The molecule has 2 fully saturated rings. The molecule has 1 aliphatic heterocycles. The lowest BCUT2D eigenvalue weighted by molar-refractivity contribution is -0.0878. The van der Waals surface area contributed by atoms with Crippen LogP contribution in [0.25, 0.3) is 0 Å². The molecular formula is C15H23NO2S. The molecule has 0 spiro atoms. The van der Waals surface area contributed by atoms with Gasteiger partial charge in [-0.1, -0.05) is 0 Å². The first-order valence-corrected chi connectivity index (χ1v) is 8.03. The average Bonchev–Trinajstić information content (AvgIpc) is 2.96. The molecule has 1 saturated heterocycles. The minimum absolute atomic E-state index is 0.00953. The van der Waals surface area contributed by atoms with Crippen LogP contribution >= 0.6 is 11.3 Å². The van der Waals surface area contributed by atoms with Crippen molar-refractivity contribution >= 4 is 11.3 Å². The fraction of sp³-hybridized carbons (Fsp3) is 0.733. The van der Waals surface area contributed by atoms with E-state index in [9.17, 15) is 5.11 Å². The molecule has 3 nitrogen and oxygen atoms in total. The third kappa shape index (κ3) is 2.35. The maximum absolute atomic E-state index is 9.99. The summed E-state index contributed by atoms with van der Waals surface area (Å²) in [4.78, 5) is 3.97. The molecule has 2 heterocycles. The summed E-state index contributed by atoms with van der Waals surface area (Å²) in [5.74, 6) is 0. The minimum atomic E-state index is -0.154. The molecule has 0 radical (unpaired) electrons. The van der Waals surface area contributed by atoms with Gasteiger partial charge in [0.2, 0.25) is 0 Å². The second kappa shape index (κ2) is 5.17. The maximum Gasteiger partial charge on any atom is 0.0847 e. The van der Waals surface area contributed by atoms with Gasteiger partial charge in [0.25, 0.3) is 0 Å². The Morgan fingerprint density at radius 1 is 1.53 bits per heavy atom.